The zero-order valence-corrected chi connectivity index (χ0v) is 9.52. The second-order valence-electron chi connectivity index (χ2n) is 3.14. The van der Waals surface area contributed by atoms with Crippen LogP contribution >= 0.6 is 11.8 Å². The molecule has 14 heavy (non-hydrogen) atoms. The third-order valence-corrected chi connectivity index (χ3v) is 3.79. The molecule has 1 heterocycles. The van der Waals surface area contributed by atoms with Crippen LogP contribution in [0.4, 0.5) is 0 Å². The molecule has 1 atom stereocenters. The third kappa shape index (κ3) is 1.78. The lowest BCUT2D eigenvalue weighted by atomic mass is 10.3. The molecule has 76 valence electrons. The van der Waals surface area contributed by atoms with Gasteiger partial charge in [-0.25, -0.2) is 0 Å². The molecule has 0 saturated carbocycles. The van der Waals surface area contributed by atoms with Gasteiger partial charge in [0.05, 0.1) is 21.9 Å². The van der Waals surface area contributed by atoms with Gasteiger partial charge in [0.15, 0.2) is 0 Å². The van der Waals surface area contributed by atoms with Crippen LogP contribution in [-0.4, -0.2) is 22.6 Å². The summed E-state index contributed by atoms with van der Waals surface area (Å²) < 4.78 is 0. The molecular formula is C10H14N2OS. The van der Waals surface area contributed by atoms with Crippen molar-refractivity contribution in [3.63, 3.8) is 0 Å². The van der Waals surface area contributed by atoms with Crippen LogP contribution in [0.2, 0.25) is 0 Å². The second-order valence-corrected chi connectivity index (χ2v) is 4.33. The Balaban J connectivity index is 3.02. The van der Waals surface area contributed by atoms with Gasteiger partial charge in [0.1, 0.15) is 0 Å². The summed E-state index contributed by atoms with van der Waals surface area (Å²) in [6, 6.07) is 2.10. The van der Waals surface area contributed by atoms with Gasteiger partial charge in [0.2, 0.25) is 5.91 Å². The smallest absolute Gasteiger partial charge is 0.240 e. The number of carbonyl (C=O) groups is 1. The van der Waals surface area contributed by atoms with Crippen LogP contribution in [0.5, 0.6) is 0 Å². The van der Waals surface area contributed by atoms with Crippen molar-refractivity contribution in [2.45, 2.75) is 32.4 Å². The molecule has 1 saturated heterocycles. The lowest BCUT2D eigenvalue weighted by molar-refractivity contribution is -0.127. The van der Waals surface area contributed by atoms with Crippen molar-refractivity contribution in [3.05, 3.63) is 10.6 Å². The van der Waals surface area contributed by atoms with E-state index in [0.717, 1.165) is 11.4 Å². The van der Waals surface area contributed by atoms with E-state index >= 15 is 0 Å². The number of nitriles is 1. The minimum absolute atomic E-state index is 0.00764. The molecule has 0 N–H and O–H groups in total. The third-order valence-electron chi connectivity index (χ3n) is 2.22. The molecule has 0 aliphatic carbocycles. The van der Waals surface area contributed by atoms with Crippen LogP contribution in [0, 0.1) is 11.3 Å². The summed E-state index contributed by atoms with van der Waals surface area (Å²) in [5.74, 6) is 0.143. The van der Waals surface area contributed by atoms with Gasteiger partial charge in [-0.2, -0.15) is 5.26 Å². The van der Waals surface area contributed by atoms with E-state index in [-0.39, 0.29) is 11.2 Å². The molecule has 1 aliphatic rings. The maximum Gasteiger partial charge on any atom is 0.240 e. The van der Waals surface area contributed by atoms with Crippen LogP contribution in [0.3, 0.4) is 0 Å². The van der Waals surface area contributed by atoms with Crippen molar-refractivity contribution in [2.75, 3.05) is 6.54 Å². The maximum atomic E-state index is 11.8. The Bertz CT molecular complexity index is 317. The van der Waals surface area contributed by atoms with Crippen molar-refractivity contribution in [2.24, 2.45) is 0 Å². The standard InChI is InChI=1S/C10H14N2OS/c1-4-8-9(13)12(5-2)10(14-8)7(3)6-11/h8H,4-5H2,1-3H3/b10-7+. The summed E-state index contributed by atoms with van der Waals surface area (Å²) in [6.07, 6.45) is 0.822. The van der Waals surface area contributed by atoms with Gasteiger partial charge in [-0.05, 0) is 20.3 Å². The predicted octanol–water partition coefficient (Wildman–Crippen LogP) is 2.12. The Morgan fingerprint density at radius 1 is 1.64 bits per heavy atom. The molecule has 0 spiro atoms. The number of amides is 1. The molecule has 4 heteroatoms. The quantitative estimate of drug-likeness (QED) is 0.656. The lowest BCUT2D eigenvalue weighted by Gasteiger charge is -2.14. The van der Waals surface area contributed by atoms with Gasteiger partial charge < -0.3 is 4.90 Å². The Morgan fingerprint density at radius 3 is 2.71 bits per heavy atom. The minimum Gasteiger partial charge on any atom is -0.305 e. The summed E-state index contributed by atoms with van der Waals surface area (Å²) in [4.78, 5) is 13.5. The van der Waals surface area contributed by atoms with Gasteiger partial charge in [-0.1, -0.05) is 18.7 Å². The molecular weight excluding hydrogens is 196 g/mol. The van der Waals surface area contributed by atoms with Gasteiger partial charge in [0.25, 0.3) is 0 Å². The Morgan fingerprint density at radius 2 is 2.29 bits per heavy atom. The van der Waals surface area contributed by atoms with Crippen LogP contribution in [-0.2, 0) is 4.79 Å². The summed E-state index contributed by atoms with van der Waals surface area (Å²) in [5.41, 5.74) is 0.640. The number of rotatable bonds is 2. The van der Waals surface area contributed by atoms with Crippen molar-refractivity contribution < 1.29 is 4.79 Å². The average Bonchev–Trinajstić information content (AvgIpc) is 2.53. The van der Waals surface area contributed by atoms with E-state index in [1.807, 2.05) is 13.8 Å². The number of carbonyl (C=O) groups excluding carboxylic acids is 1. The highest BCUT2D eigenvalue weighted by Crippen LogP contribution is 2.38. The Labute approximate surface area is 88.8 Å². The van der Waals surface area contributed by atoms with Gasteiger partial charge in [-0.15, -0.1) is 0 Å². The molecule has 0 aromatic carbocycles. The highest BCUT2D eigenvalue weighted by atomic mass is 32.2. The number of allylic oxidation sites excluding steroid dienone is 1. The second kappa shape index (κ2) is 4.52. The molecule has 0 bridgehead atoms. The number of hydrogen-bond acceptors (Lipinski definition) is 3. The zero-order chi connectivity index (χ0) is 10.7. The first-order valence-corrected chi connectivity index (χ1v) is 5.62. The fourth-order valence-electron chi connectivity index (χ4n) is 1.42. The maximum absolute atomic E-state index is 11.8. The lowest BCUT2D eigenvalue weighted by Crippen LogP contribution is -2.28. The normalized spacial score (nSPS) is 25.1. The molecule has 1 amide bonds. The fraction of sp³-hybridized carbons (Fsp3) is 0.600. The van der Waals surface area contributed by atoms with Crippen LogP contribution in [0.15, 0.2) is 10.6 Å². The predicted molar refractivity (Wildman–Crippen MR) is 57.4 cm³/mol. The van der Waals surface area contributed by atoms with Gasteiger partial charge in [0, 0.05) is 6.54 Å². The van der Waals surface area contributed by atoms with Crippen molar-refractivity contribution in [1.82, 2.24) is 4.90 Å². The monoisotopic (exact) mass is 210 g/mol. The van der Waals surface area contributed by atoms with Crippen LogP contribution in [0.25, 0.3) is 0 Å². The number of thioether (sulfide) groups is 1. The number of hydrogen-bond donors (Lipinski definition) is 0. The molecule has 3 nitrogen and oxygen atoms in total. The summed E-state index contributed by atoms with van der Waals surface area (Å²) in [6.45, 7) is 6.34. The topological polar surface area (TPSA) is 44.1 Å². The molecule has 1 aliphatic heterocycles. The molecule has 0 radical (unpaired) electrons. The first-order valence-electron chi connectivity index (χ1n) is 4.74. The zero-order valence-electron chi connectivity index (χ0n) is 8.70. The van der Waals surface area contributed by atoms with Gasteiger partial charge >= 0.3 is 0 Å². The van der Waals surface area contributed by atoms with E-state index in [1.165, 1.54) is 11.8 Å². The molecule has 1 unspecified atom stereocenters. The fourth-order valence-corrected chi connectivity index (χ4v) is 2.65. The molecule has 1 rings (SSSR count). The van der Waals surface area contributed by atoms with E-state index in [9.17, 15) is 4.79 Å². The highest BCUT2D eigenvalue weighted by molar-refractivity contribution is 8.04. The van der Waals surface area contributed by atoms with E-state index in [2.05, 4.69) is 6.07 Å². The largest absolute Gasteiger partial charge is 0.305 e. The molecule has 0 aromatic heterocycles. The molecule has 0 aromatic rings. The SMILES string of the molecule is CCC1S/C(=C(\C)C#N)N(CC)C1=O. The minimum atomic E-state index is 0.00764. The highest BCUT2D eigenvalue weighted by Gasteiger charge is 2.35. The van der Waals surface area contributed by atoms with Crippen molar-refractivity contribution in [3.8, 4) is 6.07 Å². The van der Waals surface area contributed by atoms with Gasteiger partial charge in [-0.3, -0.25) is 4.79 Å². The van der Waals surface area contributed by atoms with E-state index in [4.69, 9.17) is 5.26 Å². The van der Waals surface area contributed by atoms with E-state index in [1.54, 1.807) is 11.8 Å². The van der Waals surface area contributed by atoms with Crippen molar-refractivity contribution in [1.29, 1.82) is 5.26 Å². The average molecular weight is 210 g/mol. The summed E-state index contributed by atoms with van der Waals surface area (Å²) in [5, 5.41) is 9.64. The summed E-state index contributed by atoms with van der Waals surface area (Å²) in [7, 11) is 0. The Kier molecular flexibility index (Phi) is 3.59. The number of nitrogens with zero attached hydrogens (tertiary/aromatic N) is 2. The van der Waals surface area contributed by atoms with Crippen LogP contribution in [0.1, 0.15) is 27.2 Å². The summed E-state index contributed by atoms with van der Waals surface area (Å²) >= 11 is 1.52. The van der Waals surface area contributed by atoms with E-state index in [0.29, 0.717) is 12.1 Å². The first-order chi connectivity index (χ1) is 6.65. The molecule has 1 fully saturated rings. The first kappa shape index (κ1) is 11.1. The Hall–Kier alpha value is -0.950. The van der Waals surface area contributed by atoms with Crippen LogP contribution < -0.4 is 0 Å². The van der Waals surface area contributed by atoms with E-state index < -0.39 is 0 Å². The van der Waals surface area contributed by atoms with Crippen molar-refractivity contribution >= 4 is 17.7 Å².